The Hall–Kier alpha value is -2.30. The molecule has 5 heteroatoms. The monoisotopic (exact) mass is 227 g/mol. The number of nitrogens with one attached hydrogen (secondary N) is 1. The average molecular weight is 227 g/mol. The van der Waals surface area contributed by atoms with Gasteiger partial charge in [-0.2, -0.15) is 10.1 Å². The van der Waals surface area contributed by atoms with Crippen LogP contribution >= 0.6 is 0 Å². The maximum Gasteiger partial charge on any atom is 0.227 e. The summed E-state index contributed by atoms with van der Waals surface area (Å²) in [6.07, 6.45) is 4.03. The number of aromatic amines is 1. The number of hydrogen-bond donors (Lipinski definition) is 1. The van der Waals surface area contributed by atoms with E-state index in [2.05, 4.69) is 32.2 Å². The summed E-state index contributed by atoms with van der Waals surface area (Å²) < 4.78 is 0. The Balaban J connectivity index is 1.77. The molecule has 1 aromatic heterocycles. The number of hydrogen-bond acceptors (Lipinski definition) is 4. The number of aromatic nitrogens is 3. The van der Waals surface area contributed by atoms with Gasteiger partial charge in [-0.05, 0) is 19.1 Å². The lowest BCUT2D eigenvalue weighted by molar-refractivity contribution is 0.926. The molecule has 0 atom stereocenters. The van der Waals surface area contributed by atoms with E-state index in [9.17, 15) is 0 Å². The van der Waals surface area contributed by atoms with E-state index < -0.39 is 0 Å². The minimum atomic E-state index is 0.749. The third-order valence-electron chi connectivity index (χ3n) is 2.68. The molecule has 0 saturated carbocycles. The van der Waals surface area contributed by atoms with Crippen molar-refractivity contribution in [1.29, 1.82) is 0 Å². The number of para-hydroxylation sites is 1. The quantitative estimate of drug-likeness (QED) is 0.850. The van der Waals surface area contributed by atoms with Gasteiger partial charge in [0.25, 0.3) is 0 Å². The Bertz CT molecular complexity index is 531. The SMILES string of the molecule is Cc1n[nH]c(N2C=CN(c3ccccc3)C2)n1. The summed E-state index contributed by atoms with van der Waals surface area (Å²) in [4.78, 5) is 8.47. The molecule has 86 valence electrons. The fraction of sp³-hybridized carbons (Fsp3) is 0.167. The fourth-order valence-corrected chi connectivity index (χ4v) is 1.81. The van der Waals surface area contributed by atoms with Crippen LogP contribution in [0.2, 0.25) is 0 Å². The first-order valence-electron chi connectivity index (χ1n) is 5.48. The van der Waals surface area contributed by atoms with Crippen LogP contribution in [0.4, 0.5) is 11.6 Å². The van der Waals surface area contributed by atoms with Crippen molar-refractivity contribution in [1.82, 2.24) is 15.2 Å². The molecule has 3 rings (SSSR count). The predicted molar refractivity (Wildman–Crippen MR) is 66.5 cm³/mol. The maximum atomic E-state index is 4.30. The van der Waals surface area contributed by atoms with Gasteiger partial charge in [0.2, 0.25) is 5.95 Å². The molecule has 0 spiro atoms. The summed E-state index contributed by atoms with van der Waals surface area (Å²) in [6.45, 7) is 2.62. The van der Waals surface area contributed by atoms with Gasteiger partial charge in [0.05, 0.1) is 0 Å². The number of anilines is 2. The Morgan fingerprint density at radius 2 is 1.88 bits per heavy atom. The lowest BCUT2D eigenvalue weighted by Gasteiger charge is -2.19. The summed E-state index contributed by atoms with van der Waals surface area (Å²) in [5.41, 5.74) is 1.17. The summed E-state index contributed by atoms with van der Waals surface area (Å²) in [5, 5.41) is 6.94. The molecule has 17 heavy (non-hydrogen) atoms. The second-order valence-electron chi connectivity index (χ2n) is 3.92. The number of rotatable bonds is 2. The third-order valence-corrected chi connectivity index (χ3v) is 2.68. The topological polar surface area (TPSA) is 48.1 Å². The standard InChI is InChI=1S/C12H13N5/c1-10-13-12(15-14-10)17-8-7-16(9-17)11-5-3-2-4-6-11/h2-8H,9H2,1H3,(H,13,14,15). The second-order valence-corrected chi connectivity index (χ2v) is 3.92. The van der Waals surface area contributed by atoms with Crippen LogP contribution in [-0.4, -0.2) is 21.9 Å². The summed E-state index contributed by atoms with van der Waals surface area (Å²) in [7, 11) is 0. The van der Waals surface area contributed by atoms with Crippen molar-refractivity contribution in [2.45, 2.75) is 6.92 Å². The number of H-pyrrole nitrogens is 1. The highest BCUT2D eigenvalue weighted by Gasteiger charge is 2.17. The van der Waals surface area contributed by atoms with Gasteiger partial charge in [0.15, 0.2) is 0 Å². The van der Waals surface area contributed by atoms with Gasteiger partial charge in [-0.25, -0.2) is 5.10 Å². The van der Waals surface area contributed by atoms with Crippen LogP contribution in [0.1, 0.15) is 5.82 Å². The Labute approximate surface area is 99.4 Å². The number of aryl methyl sites for hydroxylation is 1. The van der Waals surface area contributed by atoms with E-state index in [0.717, 1.165) is 18.4 Å². The zero-order valence-corrected chi connectivity index (χ0v) is 9.54. The van der Waals surface area contributed by atoms with Gasteiger partial charge < -0.3 is 4.90 Å². The van der Waals surface area contributed by atoms with Crippen molar-refractivity contribution in [2.24, 2.45) is 0 Å². The average Bonchev–Trinajstić information content (AvgIpc) is 2.98. The molecule has 0 saturated heterocycles. The maximum absolute atomic E-state index is 4.30. The van der Waals surface area contributed by atoms with Crippen molar-refractivity contribution in [3.63, 3.8) is 0 Å². The van der Waals surface area contributed by atoms with Gasteiger partial charge in [-0.3, -0.25) is 4.90 Å². The third kappa shape index (κ3) is 1.87. The van der Waals surface area contributed by atoms with Crippen LogP contribution in [-0.2, 0) is 0 Å². The number of benzene rings is 1. The van der Waals surface area contributed by atoms with Gasteiger partial charge in [-0.15, -0.1) is 0 Å². The largest absolute Gasteiger partial charge is 0.328 e. The minimum Gasteiger partial charge on any atom is -0.328 e. The summed E-state index contributed by atoms with van der Waals surface area (Å²) in [5.74, 6) is 1.53. The molecule has 0 unspecified atom stereocenters. The van der Waals surface area contributed by atoms with Crippen LogP contribution in [0.15, 0.2) is 42.7 Å². The normalized spacial score (nSPS) is 14.6. The molecule has 1 N–H and O–H groups in total. The molecular formula is C12H13N5. The van der Waals surface area contributed by atoms with Gasteiger partial charge >= 0.3 is 0 Å². The molecular weight excluding hydrogens is 214 g/mol. The van der Waals surface area contributed by atoms with Crippen LogP contribution < -0.4 is 9.80 Å². The molecule has 0 bridgehead atoms. The van der Waals surface area contributed by atoms with Crippen molar-refractivity contribution in [3.8, 4) is 0 Å². The molecule has 1 aliphatic rings. The molecule has 5 nitrogen and oxygen atoms in total. The highest BCUT2D eigenvalue weighted by molar-refractivity contribution is 5.54. The first kappa shape index (κ1) is 9.89. The summed E-state index contributed by atoms with van der Waals surface area (Å²) in [6, 6.07) is 10.2. The van der Waals surface area contributed by atoms with Gasteiger partial charge in [-0.1, -0.05) is 18.2 Å². The van der Waals surface area contributed by atoms with Crippen molar-refractivity contribution in [2.75, 3.05) is 16.5 Å². The minimum absolute atomic E-state index is 0.749. The van der Waals surface area contributed by atoms with Crippen molar-refractivity contribution in [3.05, 3.63) is 48.6 Å². The molecule has 2 aromatic rings. The van der Waals surface area contributed by atoms with Crippen LogP contribution in [0.25, 0.3) is 0 Å². The number of nitrogens with zero attached hydrogens (tertiary/aromatic N) is 4. The predicted octanol–water partition coefficient (Wildman–Crippen LogP) is 1.87. The Morgan fingerprint density at radius 3 is 2.59 bits per heavy atom. The second kappa shape index (κ2) is 3.93. The first-order valence-corrected chi connectivity index (χ1v) is 5.48. The van der Waals surface area contributed by atoms with Gasteiger partial charge in [0.1, 0.15) is 12.5 Å². The highest BCUT2D eigenvalue weighted by Crippen LogP contribution is 2.21. The van der Waals surface area contributed by atoms with Crippen LogP contribution in [0.3, 0.4) is 0 Å². The lowest BCUT2D eigenvalue weighted by atomic mass is 10.3. The van der Waals surface area contributed by atoms with Crippen molar-refractivity contribution < 1.29 is 0 Å². The fourth-order valence-electron chi connectivity index (χ4n) is 1.81. The van der Waals surface area contributed by atoms with E-state index in [-0.39, 0.29) is 0 Å². The van der Waals surface area contributed by atoms with E-state index in [4.69, 9.17) is 0 Å². The zero-order valence-electron chi connectivity index (χ0n) is 9.54. The van der Waals surface area contributed by atoms with E-state index in [0.29, 0.717) is 0 Å². The molecule has 0 aliphatic carbocycles. The highest BCUT2D eigenvalue weighted by atomic mass is 15.4. The molecule has 0 fully saturated rings. The summed E-state index contributed by atoms with van der Waals surface area (Å²) >= 11 is 0. The molecule has 0 amide bonds. The van der Waals surface area contributed by atoms with Crippen LogP contribution in [0.5, 0.6) is 0 Å². The lowest BCUT2D eigenvalue weighted by Crippen LogP contribution is -2.25. The van der Waals surface area contributed by atoms with Crippen molar-refractivity contribution >= 4 is 11.6 Å². The van der Waals surface area contributed by atoms with E-state index in [1.165, 1.54) is 5.69 Å². The first-order chi connectivity index (χ1) is 8.33. The zero-order chi connectivity index (χ0) is 11.7. The van der Waals surface area contributed by atoms with E-state index in [1.807, 2.05) is 42.4 Å². The smallest absolute Gasteiger partial charge is 0.227 e. The Morgan fingerprint density at radius 1 is 1.12 bits per heavy atom. The molecule has 1 aromatic carbocycles. The Kier molecular flexibility index (Phi) is 2.29. The van der Waals surface area contributed by atoms with E-state index >= 15 is 0 Å². The van der Waals surface area contributed by atoms with Gasteiger partial charge in [0, 0.05) is 18.1 Å². The molecule has 2 heterocycles. The molecule has 0 radical (unpaired) electrons. The van der Waals surface area contributed by atoms with Crippen LogP contribution in [0, 0.1) is 6.92 Å². The molecule has 1 aliphatic heterocycles. The van der Waals surface area contributed by atoms with E-state index in [1.54, 1.807) is 0 Å².